The average Bonchev–Trinajstić information content (AvgIpc) is 2.05. The minimum absolute atomic E-state index is 0.255. The Morgan fingerprint density at radius 2 is 1.64 bits per heavy atom. The van der Waals surface area contributed by atoms with Gasteiger partial charge in [0.1, 0.15) is 6.23 Å². The van der Waals surface area contributed by atoms with Crippen molar-refractivity contribution < 1.29 is 5.11 Å². The normalized spacial score (nSPS) is 16.9. The molecule has 1 unspecified atom stereocenters. The fourth-order valence-electron chi connectivity index (χ4n) is 1.17. The first-order valence-corrected chi connectivity index (χ1v) is 4.59. The van der Waals surface area contributed by atoms with Crippen LogP contribution < -0.4 is 0 Å². The summed E-state index contributed by atoms with van der Waals surface area (Å²) >= 11 is 0. The second-order valence-electron chi connectivity index (χ2n) is 3.02. The van der Waals surface area contributed by atoms with E-state index < -0.39 is 0 Å². The molecule has 0 saturated heterocycles. The maximum absolute atomic E-state index is 9.70. The van der Waals surface area contributed by atoms with Gasteiger partial charge in [0, 0.05) is 0 Å². The van der Waals surface area contributed by atoms with Gasteiger partial charge in [-0.25, -0.2) is 0 Å². The molecule has 0 saturated carbocycles. The highest BCUT2D eigenvalue weighted by Gasteiger charge is 2.17. The molecule has 0 aromatic rings. The number of hydrogen-bond donors (Lipinski definition) is 1. The Bertz CT molecular complexity index is 91.6. The first-order chi connectivity index (χ1) is 5.17. The van der Waals surface area contributed by atoms with Crippen molar-refractivity contribution in [1.82, 2.24) is 4.90 Å². The molecule has 0 rings (SSSR count). The minimum Gasteiger partial charge on any atom is -0.378 e. The van der Waals surface area contributed by atoms with Crippen molar-refractivity contribution in [2.75, 3.05) is 13.1 Å². The van der Waals surface area contributed by atoms with Crippen molar-refractivity contribution >= 4 is 0 Å². The summed E-state index contributed by atoms with van der Waals surface area (Å²) in [4.78, 5) is 2.08. The van der Waals surface area contributed by atoms with E-state index in [1.165, 1.54) is 0 Å². The Morgan fingerprint density at radius 3 is 1.91 bits per heavy atom. The summed E-state index contributed by atoms with van der Waals surface area (Å²) in [6.07, 6.45) is 0.785. The predicted molar refractivity (Wildman–Crippen MR) is 48.4 cm³/mol. The highest BCUT2D eigenvalue weighted by Crippen LogP contribution is 2.10. The van der Waals surface area contributed by atoms with Crippen molar-refractivity contribution in [1.29, 1.82) is 0 Å². The van der Waals surface area contributed by atoms with Crippen LogP contribution in [0, 0.1) is 5.92 Å². The molecule has 0 amide bonds. The van der Waals surface area contributed by atoms with Gasteiger partial charge in [0.15, 0.2) is 0 Å². The predicted octanol–water partition coefficient (Wildman–Crippen LogP) is 1.69. The van der Waals surface area contributed by atoms with Gasteiger partial charge >= 0.3 is 0 Å². The fraction of sp³-hybridized carbons (Fsp3) is 1.00. The van der Waals surface area contributed by atoms with Gasteiger partial charge in [-0.3, -0.25) is 4.90 Å². The maximum atomic E-state index is 9.70. The molecule has 0 spiro atoms. The summed E-state index contributed by atoms with van der Waals surface area (Å²) < 4.78 is 0. The third-order valence-electron chi connectivity index (χ3n) is 2.34. The van der Waals surface area contributed by atoms with Crippen LogP contribution in [0.5, 0.6) is 0 Å². The summed E-state index contributed by atoms with van der Waals surface area (Å²) in [6.45, 7) is 10.2. The zero-order valence-electron chi connectivity index (χ0n) is 8.17. The number of aliphatic hydroxyl groups is 1. The van der Waals surface area contributed by atoms with Gasteiger partial charge in [-0.05, 0) is 25.4 Å². The third-order valence-corrected chi connectivity index (χ3v) is 2.34. The second-order valence-corrected chi connectivity index (χ2v) is 3.02. The molecule has 0 aromatic heterocycles. The summed E-state index contributed by atoms with van der Waals surface area (Å²) in [5, 5.41) is 9.70. The lowest BCUT2D eigenvalue weighted by Gasteiger charge is -2.29. The van der Waals surface area contributed by atoms with E-state index in [0.29, 0.717) is 5.92 Å². The summed E-state index contributed by atoms with van der Waals surface area (Å²) in [5.74, 6) is 0.384. The molecule has 0 aliphatic carbocycles. The zero-order chi connectivity index (χ0) is 8.85. The van der Waals surface area contributed by atoms with Crippen LogP contribution in [-0.2, 0) is 0 Å². The van der Waals surface area contributed by atoms with Crippen molar-refractivity contribution in [3.63, 3.8) is 0 Å². The van der Waals surface area contributed by atoms with Gasteiger partial charge in [-0.2, -0.15) is 0 Å². The first kappa shape index (κ1) is 10.9. The van der Waals surface area contributed by atoms with Crippen molar-refractivity contribution in [3.05, 3.63) is 0 Å². The first-order valence-electron chi connectivity index (χ1n) is 4.59. The van der Waals surface area contributed by atoms with E-state index >= 15 is 0 Å². The highest BCUT2D eigenvalue weighted by atomic mass is 16.3. The van der Waals surface area contributed by atoms with E-state index in [1.54, 1.807) is 0 Å². The summed E-state index contributed by atoms with van der Waals surface area (Å²) in [5.41, 5.74) is 0. The lowest BCUT2D eigenvalue weighted by atomic mass is 10.1. The van der Waals surface area contributed by atoms with Crippen molar-refractivity contribution in [2.45, 2.75) is 40.3 Å². The molecule has 0 fully saturated rings. The maximum Gasteiger partial charge on any atom is 0.109 e. The summed E-state index contributed by atoms with van der Waals surface area (Å²) in [6, 6.07) is 0. The summed E-state index contributed by atoms with van der Waals surface area (Å²) in [7, 11) is 0. The molecule has 2 heteroatoms. The van der Waals surface area contributed by atoms with E-state index in [-0.39, 0.29) is 6.23 Å². The van der Waals surface area contributed by atoms with Gasteiger partial charge in [-0.15, -0.1) is 0 Å². The monoisotopic (exact) mass is 159 g/mol. The van der Waals surface area contributed by atoms with E-state index in [2.05, 4.69) is 32.6 Å². The van der Waals surface area contributed by atoms with Crippen LogP contribution >= 0.6 is 0 Å². The Hall–Kier alpha value is -0.0800. The lowest BCUT2D eigenvalue weighted by Crippen LogP contribution is -2.39. The Morgan fingerprint density at radius 1 is 1.18 bits per heavy atom. The molecule has 2 nitrogen and oxygen atoms in total. The Labute approximate surface area is 70.2 Å². The lowest BCUT2D eigenvalue weighted by molar-refractivity contribution is -0.0300. The molecule has 68 valence electrons. The number of hydrogen-bond acceptors (Lipinski definition) is 2. The van der Waals surface area contributed by atoms with Gasteiger partial charge in [0.05, 0.1) is 0 Å². The molecule has 1 N–H and O–H groups in total. The van der Waals surface area contributed by atoms with Gasteiger partial charge < -0.3 is 5.11 Å². The van der Waals surface area contributed by atoms with Crippen LogP contribution in [0.15, 0.2) is 0 Å². The van der Waals surface area contributed by atoms with E-state index in [0.717, 1.165) is 19.5 Å². The molecular formula is C9H21NO. The van der Waals surface area contributed by atoms with Crippen LogP contribution in [-0.4, -0.2) is 29.3 Å². The topological polar surface area (TPSA) is 23.5 Å². The zero-order valence-corrected chi connectivity index (χ0v) is 8.17. The molecule has 0 aliphatic heterocycles. The molecule has 2 atom stereocenters. The Kier molecular flexibility index (Phi) is 5.51. The standard InChI is InChI=1S/C9H21NO/c1-5-8(4)9(11)10(6-2)7-3/h8-9,11H,5-7H2,1-4H3/t8-,9?/m0/s1. The van der Waals surface area contributed by atoms with Crippen LogP contribution in [0.25, 0.3) is 0 Å². The van der Waals surface area contributed by atoms with Crippen molar-refractivity contribution in [3.8, 4) is 0 Å². The smallest absolute Gasteiger partial charge is 0.109 e. The van der Waals surface area contributed by atoms with Crippen LogP contribution in [0.2, 0.25) is 0 Å². The number of nitrogens with zero attached hydrogens (tertiary/aromatic N) is 1. The van der Waals surface area contributed by atoms with Gasteiger partial charge in [0.25, 0.3) is 0 Å². The minimum atomic E-state index is -0.255. The molecular weight excluding hydrogens is 138 g/mol. The molecule has 0 heterocycles. The van der Waals surface area contributed by atoms with E-state index in [9.17, 15) is 5.11 Å². The quantitative estimate of drug-likeness (QED) is 0.617. The molecule has 11 heavy (non-hydrogen) atoms. The van der Waals surface area contributed by atoms with Crippen LogP contribution in [0.3, 0.4) is 0 Å². The molecule has 0 radical (unpaired) electrons. The molecule has 0 aliphatic rings. The third kappa shape index (κ3) is 3.21. The number of rotatable bonds is 5. The fourth-order valence-corrected chi connectivity index (χ4v) is 1.17. The van der Waals surface area contributed by atoms with E-state index in [4.69, 9.17) is 0 Å². The van der Waals surface area contributed by atoms with Gasteiger partial charge in [-0.1, -0.05) is 27.7 Å². The van der Waals surface area contributed by atoms with Crippen molar-refractivity contribution in [2.24, 2.45) is 5.92 Å². The van der Waals surface area contributed by atoms with Crippen LogP contribution in [0.1, 0.15) is 34.1 Å². The average molecular weight is 159 g/mol. The second kappa shape index (κ2) is 5.56. The molecule has 0 aromatic carbocycles. The van der Waals surface area contributed by atoms with Gasteiger partial charge in [0.2, 0.25) is 0 Å². The van der Waals surface area contributed by atoms with Crippen LogP contribution in [0.4, 0.5) is 0 Å². The number of aliphatic hydroxyl groups excluding tert-OH is 1. The molecule has 0 bridgehead atoms. The Balaban J connectivity index is 3.86. The largest absolute Gasteiger partial charge is 0.378 e. The van der Waals surface area contributed by atoms with E-state index in [1.807, 2.05) is 0 Å². The SMILES string of the molecule is CC[C@H](C)C(O)N(CC)CC. The highest BCUT2D eigenvalue weighted by molar-refractivity contribution is 4.63.